The number of carbonyl (C=O) groups excluding carboxylic acids is 1. The first-order valence-corrected chi connectivity index (χ1v) is 8.30. The Bertz CT molecular complexity index is 949. The van der Waals surface area contributed by atoms with Crippen LogP contribution in [0.5, 0.6) is 11.5 Å². The number of ether oxygens (including phenoxy) is 2. The third-order valence-corrected chi connectivity index (χ3v) is 4.02. The largest absolute Gasteiger partial charge is 0.493 e. The summed E-state index contributed by atoms with van der Waals surface area (Å²) in [6.45, 7) is -0.309. The monoisotopic (exact) mass is 431 g/mol. The molecule has 0 aliphatic heterocycles. The number of nitrogens with two attached hydrogens (primary N) is 1. The molecule has 0 saturated heterocycles. The molecule has 0 bridgehead atoms. The van der Waals surface area contributed by atoms with Gasteiger partial charge in [0.25, 0.3) is 11.6 Å². The minimum absolute atomic E-state index is 0.0589. The van der Waals surface area contributed by atoms with Crippen LogP contribution < -0.4 is 15.2 Å². The topological polar surface area (TPSA) is 128 Å². The van der Waals surface area contributed by atoms with Gasteiger partial charge < -0.3 is 15.2 Å². The number of primary amides is 1. The van der Waals surface area contributed by atoms with E-state index in [1.807, 2.05) is 0 Å². The van der Waals surface area contributed by atoms with Crippen LogP contribution in [-0.4, -0.2) is 24.5 Å². The van der Waals surface area contributed by atoms with Crippen LogP contribution in [0.15, 0.2) is 40.9 Å². The van der Waals surface area contributed by atoms with Crippen LogP contribution in [0.2, 0.25) is 0 Å². The van der Waals surface area contributed by atoms with Gasteiger partial charge in [-0.25, -0.2) is 0 Å². The molecule has 0 aromatic heterocycles. The van der Waals surface area contributed by atoms with Crippen molar-refractivity contribution in [3.63, 3.8) is 0 Å². The minimum atomic E-state index is -0.627. The Morgan fingerprint density at radius 1 is 1.37 bits per heavy atom. The molecule has 0 aliphatic carbocycles. The van der Waals surface area contributed by atoms with Gasteiger partial charge in [-0.3, -0.25) is 14.9 Å². The van der Waals surface area contributed by atoms with Crippen molar-refractivity contribution in [2.75, 3.05) is 13.7 Å². The van der Waals surface area contributed by atoms with E-state index in [0.717, 1.165) is 0 Å². The summed E-state index contributed by atoms with van der Waals surface area (Å²) in [4.78, 5) is 21.1. The Hall–Kier alpha value is -3.38. The van der Waals surface area contributed by atoms with Crippen LogP contribution in [0.4, 0.5) is 5.69 Å². The number of allylic oxidation sites excluding steroid dienone is 1. The molecule has 138 valence electrons. The highest BCUT2D eigenvalue weighted by Crippen LogP contribution is 2.37. The standard InChI is InChI=1S/C18H14BrN3O5/c1-26-16-8-11(7-15(19)18(16)27-10-17(21)23)6-13(9-20)12-2-4-14(5-3-12)22(24)25/h2-8H,10H2,1H3,(H2,21,23)/b13-6+. The van der Waals surface area contributed by atoms with E-state index in [1.54, 1.807) is 18.2 Å². The molecule has 27 heavy (non-hydrogen) atoms. The average molecular weight is 432 g/mol. The molecule has 2 N–H and O–H groups in total. The van der Waals surface area contributed by atoms with Gasteiger partial charge >= 0.3 is 0 Å². The predicted octanol–water partition coefficient (Wildman–Crippen LogP) is 3.29. The van der Waals surface area contributed by atoms with Gasteiger partial charge in [-0.15, -0.1) is 0 Å². The first-order chi connectivity index (χ1) is 12.8. The maximum absolute atomic E-state index is 10.9. The fourth-order valence-electron chi connectivity index (χ4n) is 2.22. The summed E-state index contributed by atoms with van der Waals surface area (Å²) in [6.07, 6.45) is 1.60. The van der Waals surface area contributed by atoms with E-state index in [4.69, 9.17) is 15.2 Å². The summed E-state index contributed by atoms with van der Waals surface area (Å²) in [5, 5.41) is 20.2. The molecule has 0 radical (unpaired) electrons. The Kier molecular flexibility index (Phi) is 6.51. The molecule has 0 atom stereocenters. The smallest absolute Gasteiger partial charge is 0.269 e. The molecule has 2 aromatic rings. The van der Waals surface area contributed by atoms with E-state index in [1.165, 1.54) is 31.4 Å². The van der Waals surface area contributed by atoms with Crippen molar-refractivity contribution in [2.45, 2.75) is 0 Å². The molecular formula is C18H14BrN3O5. The van der Waals surface area contributed by atoms with Gasteiger partial charge in [0, 0.05) is 12.1 Å². The van der Waals surface area contributed by atoms with Crippen LogP contribution in [0.3, 0.4) is 0 Å². The number of nitro benzene ring substituents is 1. The van der Waals surface area contributed by atoms with Gasteiger partial charge in [-0.1, -0.05) is 0 Å². The number of nitro groups is 1. The third kappa shape index (κ3) is 5.05. The highest BCUT2D eigenvalue weighted by molar-refractivity contribution is 9.10. The Balaban J connectivity index is 2.40. The predicted molar refractivity (Wildman–Crippen MR) is 102 cm³/mol. The Morgan fingerprint density at radius 2 is 2.04 bits per heavy atom. The number of halogens is 1. The Labute approximate surface area is 163 Å². The fourth-order valence-corrected chi connectivity index (χ4v) is 2.79. The number of carbonyl (C=O) groups is 1. The van der Waals surface area contributed by atoms with Crippen LogP contribution in [-0.2, 0) is 4.79 Å². The van der Waals surface area contributed by atoms with E-state index in [9.17, 15) is 20.2 Å². The van der Waals surface area contributed by atoms with E-state index in [-0.39, 0.29) is 12.3 Å². The number of nitrogens with zero attached hydrogens (tertiary/aromatic N) is 2. The van der Waals surface area contributed by atoms with Crippen molar-refractivity contribution in [1.82, 2.24) is 0 Å². The molecule has 0 heterocycles. The summed E-state index contributed by atoms with van der Waals surface area (Å²) in [5.74, 6) is 0.0259. The molecule has 0 fully saturated rings. The highest BCUT2D eigenvalue weighted by Gasteiger charge is 2.13. The van der Waals surface area contributed by atoms with Gasteiger partial charge in [0.05, 0.1) is 28.1 Å². The molecule has 0 saturated carbocycles. The van der Waals surface area contributed by atoms with Gasteiger partial charge in [0.15, 0.2) is 18.1 Å². The second-order valence-corrected chi connectivity index (χ2v) is 6.12. The van der Waals surface area contributed by atoms with E-state index in [2.05, 4.69) is 22.0 Å². The summed E-state index contributed by atoms with van der Waals surface area (Å²) in [6, 6.07) is 11.1. The lowest BCUT2D eigenvalue weighted by molar-refractivity contribution is -0.384. The van der Waals surface area contributed by atoms with Crippen LogP contribution in [0.1, 0.15) is 11.1 Å². The summed E-state index contributed by atoms with van der Waals surface area (Å²) in [5.41, 5.74) is 6.49. The van der Waals surface area contributed by atoms with Crippen LogP contribution >= 0.6 is 15.9 Å². The highest BCUT2D eigenvalue weighted by atomic mass is 79.9. The van der Waals surface area contributed by atoms with Crippen LogP contribution in [0.25, 0.3) is 11.6 Å². The second kappa shape index (κ2) is 8.82. The van der Waals surface area contributed by atoms with Gasteiger partial charge in [-0.05, 0) is 57.4 Å². The van der Waals surface area contributed by atoms with Crippen molar-refractivity contribution in [2.24, 2.45) is 5.73 Å². The lowest BCUT2D eigenvalue weighted by atomic mass is 10.0. The van der Waals surface area contributed by atoms with E-state index >= 15 is 0 Å². The van der Waals surface area contributed by atoms with Crippen molar-refractivity contribution < 1.29 is 19.2 Å². The van der Waals surface area contributed by atoms with Crippen molar-refractivity contribution in [1.29, 1.82) is 5.26 Å². The zero-order valence-electron chi connectivity index (χ0n) is 14.1. The first kappa shape index (κ1) is 19.9. The number of rotatable bonds is 7. The van der Waals surface area contributed by atoms with Crippen LogP contribution in [0, 0.1) is 21.4 Å². The number of nitriles is 1. The minimum Gasteiger partial charge on any atom is -0.493 e. The van der Waals surface area contributed by atoms with Gasteiger partial charge in [-0.2, -0.15) is 5.26 Å². The first-order valence-electron chi connectivity index (χ1n) is 7.51. The molecule has 1 amide bonds. The SMILES string of the molecule is COc1cc(/C=C(\C#N)c2ccc([N+](=O)[O-])cc2)cc(Br)c1OCC(N)=O. The summed E-state index contributed by atoms with van der Waals surface area (Å²) < 4.78 is 11.1. The van der Waals surface area contributed by atoms with Gasteiger partial charge in [0.1, 0.15) is 0 Å². The quantitative estimate of drug-likeness (QED) is 0.309. The number of benzene rings is 2. The second-order valence-electron chi connectivity index (χ2n) is 5.26. The number of hydrogen-bond acceptors (Lipinski definition) is 6. The molecule has 0 unspecified atom stereocenters. The maximum atomic E-state index is 10.9. The lowest BCUT2D eigenvalue weighted by Gasteiger charge is -2.12. The maximum Gasteiger partial charge on any atom is 0.269 e. The van der Waals surface area contributed by atoms with Crippen molar-refractivity contribution in [3.05, 3.63) is 62.1 Å². The number of methoxy groups -OCH3 is 1. The zero-order valence-corrected chi connectivity index (χ0v) is 15.7. The Morgan fingerprint density at radius 3 is 2.56 bits per heavy atom. The molecule has 2 aromatic carbocycles. The molecule has 9 heteroatoms. The molecular weight excluding hydrogens is 418 g/mol. The molecule has 0 aliphatic rings. The number of amides is 1. The molecule has 0 spiro atoms. The molecule has 2 rings (SSSR count). The third-order valence-electron chi connectivity index (χ3n) is 3.43. The number of hydrogen-bond donors (Lipinski definition) is 1. The average Bonchev–Trinajstić information content (AvgIpc) is 2.64. The summed E-state index contributed by atoms with van der Waals surface area (Å²) >= 11 is 3.34. The fraction of sp³-hybridized carbons (Fsp3) is 0.111. The van der Waals surface area contributed by atoms with Gasteiger partial charge in [0.2, 0.25) is 0 Å². The molecule has 8 nitrogen and oxygen atoms in total. The number of non-ortho nitro benzene ring substituents is 1. The van der Waals surface area contributed by atoms with E-state index < -0.39 is 10.8 Å². The van der Waals surface area contributed by atoms with E-state index in [0.29, 0.717) is 32.7 Å². The summed E-state index contributed by atoms with van der Waals surface area (Å²) in [7, 11) is 1.44. The lowest BCUT2D eigenvalue weighted by Crippen LogP contribution is -2.20. The van der Waals surface area contributed by atoms with Crippen molar-refractivity contribution >= 4 is 39.2 Å². The normalized spacial score (nSPS) is 10.8. The van der Waals surface area contributed by atoms with Crippen molar-refractivity contribution in [3.8, 4) is 17.6 Å². The zero-order chi connectivity index (χ0) is 20.0.